The lowest BCUT2D eigenvalue weighted by molar-refractivity contribution is -0.150. The zero-order chi connectivity index (χ0) is 30.6. The number of pyridine rings is 1. The molecule has 0 radical (unpaired) electrons. The molecule has 13 heteroatoms. The van der Waals surface area contributed by atoms with E-state index in [2.05, 4.69) is 9.72 Å². The average molecular weight is 656 g/mol. The second-order valence-corrected chi connectivity index (χ2v) is 13.2. The quantitative estimate of drug-likeness (QED) is 0.186. The second-order valence-electron chi connectivity index (χ2n) is 10.5. The van der Waals surface area contributed by atoms with Crippen LogP contribution in [0.3, 0.4) is 0 Å². The van der Waals surface area contributed by atoms with E-state index in [4.69, 9.17) is 32.7 Å². The first kappa shape index (κ1) is 31.4. The standard InChI is InChI=1S/C30H30Cl2F2N2O6S/c31-24-16-35-17-25(32)23(24)15-27(20-10-11-26(42-30(33)34)28(13-20)40-18-19-8-9-19)41-29(37)14-21-5-4-12-36(21)43(38,39)22-6-2-1-3-7-22/h1-3,6-7,10-11,13,16-17,19,21,27,30H,4-5,8-9,12,14-15,18H2/t21-,27-/m0/s1. The minimum Gasteiger partial charge on any atom is -0.489 e. The molecule has 2 heterocycles. The number of esters is 1. The number of halogens is 4. The molecule has 0 N–H and O–H groups in total. The van der Waals surface area contributed by atoms with Crippen molar-refractivity contribution < 1.29 is 36.2 Å². The van der Waals surface area contributed by atoms with Crippen molar-refractivity contribution in [1.29, 1.82) is 0 Å². The molecule has 5 rings (SSSR count). The van der Waals surface area contributed by atoms with Crippen LogP contribution in [0.2, 0.25) is 10.0 Å². The molecule has 1 aliphatic heterocycles. The van der Waals surface area contributed by atoms with Gasteiger partial charge >= 0.3 is 12.6 Å². The molecular weight excluding hydrogens is 625 g/mol. The number of nitrogens with zero attached hydrogens (tertiary/aromatic N) is 2. The number of carbonyl (C=O) groups is 1. The van der Waals surface area contributed by atoms with Crippen LogP contribution in [0.4, 0.5) is 8.78 Å². The van der Waals surface area contributed by atoms with Gasteiger partial charge in [0.2, 0.25) is 10.0 Å². The zero-order valence-corrected chi connectivity index (χ0v) is 25.3. The Morgan fingerprint density at radius 1 is 1.02 bits per heavy atom. The third kappa shape index (κ3) is 7.94. The van der Waals surface area contributed by atoms with E-state index in [1.54, 1.807) is 18.2 Å². The summed E-state index contributed by atoms with van der Waals surface area (Å²) in [6.07, 6.45) is 4.79. The van der Waals surface area contributed by atoms with E-state index in [0.717, 1.165) is 12.8 Å². The summed E-state index contributed by atoms with van der Waals surface area (Å²) in [6, 6.07) is 11.8. The summed E-state index contributed by atoms with van der Waals surface area (Å²) in [7, 11) is -3.81. The van der Waals surface area contributed by atoms with Gasteiger partial charge in [-0.1, -0.05) is 47.5 Å². The molecule has 3 aromatic rings. The van der Waals surface area contributed by atoms with Gasteiger partial charge in [0.05, 0.1) is 28.0 Å². The maximum Gasteiger partial charge on any atom is 0.387 e. The summed E-state index contributed by atoms with van der Waals surface area (Å²) in [6.45, 7) is -2.43. The summed E-state index contributed by atoms with van der Waals surface area (Å²) in [5, 5.41) is 0.514. The van der Waals surface area contributed by atoms with Gasteiger partial charge in [-0.05, 0) is 67.0 Å². The highest BCUT2D eigenvalue weighted by molar-refractivity contribution is 7.89. The number of rotatable bonds is 13. The van der Waals surface area contributed by atoms with Gasteiger partial charge in [0.25, 0.3) is 0 Å². The van der Waals surface area contributed by atoms with Crippen LogP contribution >= 0.6 is 23.2 Å². The normalized spacial score (nSPS) is 18.0. The molecule has 0 bridgehead atoms. The van der Waals surface area contributed by atoms with Gasteiger partial charge in [0, 0.05) is 31.4 Å². The van der Waals surface area contributed by atoms with E-state index < -0.39 is 34.7 Å². The fourth-order valence-electron chi connectivity index (χ4n) is 5.03. The Morgan fingerprint density at radius 3 is 2.42 bits per heavy atom. The summed E-state index contributed by atoms with van der Waals surface area (Å²) in [5.74, 6) is -0.349. The van der Waals surface area contributed by atoms with E-state index in [-0.39, 0.29) is 45.8 Å². The van der Waals surface area contributed by atoms with Crippen molar-refractivity contribution in [2.24, 2.45) is 5.92 Å². The van der Waals surface area contributed by atoms with Gasteiger partial charge in [-0.3, -0.25) is 9.78 Å². The second kappa shape index (κ2) is 13.8. The summed E-state index contributed by atoms with van der Waals surface area (Å²) < 4.78 is 70.6. The lowest BCUT2D eigenvalue weighted by Crippen LogP contribution is -2.37. The predicted molar refractivity (Wildman–Crippen MR) is 156 cm³/mol. The summed E-state index contributed by atoms with van der Waals surface area (Å²) in [5.41, 5.74) is 0.906. The van der Waals surface area contributed by atoms with Crippen LogP contribution in [0.1, 0.15) is 49.3 Å². The average Bonchev–Trinajstić information content (AvgIpc) is 3.69. The van der Waals surface area contributed by atoms with Crippen molar-refractivity contribution in [3.63, 3.8) is 0 Å². The molecule has 230 valence electrons. The van der Waals surface area contributed by atoms with Crippen LogP contribution in [0.5, 0.6) is 11.5 Å². The van der Waals surface area contributed by atoms with E-state index >= 15 is 0 Å². The minimum atomic E-state index is -3.81. The largest absolute Gasteiger partial charge is 0.489 e. The van der Waals surface area contributed by atoms with Gasteiger partial charge in [0.15, 0.2) is 11.5 Å². The monoisotopic (exact) mass is 654 g/mol. The van der Waals surface area contributed by atoms with Crippen molar-refractivity contribution in [1.82, 2.24) is 9.29 Å². The van der Waals surface area contributed by atoms with E-state index in [9.17, 15) is 22.0 Å². The number of aromatic nitrogens is 1. The van der Waals surface area contributed by atoms with Crippen LogP contribution in [0.25, 0.3) is 0 Å². The molecule has 0 spiro atoms. The molecule has 0 amide bonds. The number of alkyl halides is 2. The molecule has 2 aromatic carbocycles. The molecule has 1 saturated carbocycles. The molecule has 1 aliphatic carbocycles. The molecule has 2 atom stereocenters. The maximum atomic E-state index is 13.4. The lowest BCUT2D eigenvalue weighted by atomic mass is 10.0. The highest BCUT2D eigenvalue weighted by Gasteiger charge is 2.37. The van der Waals surface area contributed by atoms with Crippen molar-refractivity contribution in [2.45, 2.75) is 62.2 Å². The first-order chi connectivity index (χ1) is 20.6. The Hall–Kier alpha value is -2.99. The Balaban J connectivity index is 1.40. The number of carbonyl (C=O) groups excluding carboxylic acids is 1. The van der Waals surface area contributed by atoms with Gasteiger partial charge < -0.3 is 14.2 Å². The van der Waals surface area contributed by atoms with Gasteiger partial charge in [-0.25, -0.2) is 8.42 Å². The zero-order valence-electron chi connectivity index (χ0n) is 23.0. The van der Waals surface area contributed by atoms with Crippen molar-refractivity contribution in [3.05, 3.63) is 82.1 Å². The number of benzene rings is 2. The molecule has 2 aliphatic rings. The third-order valence-electron chi connectivity index (χ3n) is 7.42. The number of ether oxygens (including phenoxy) is 3. The maximum absolute atomic E-state index is 13.4. The molecule has 1 saturated heterocycles. The SMILES string of the molecule is O=C(C[C@@H]1CCCN1S(=O)(=O)c1ccccc1)O[C@@H](Cc1c(Cl)cncc1Cl)c1ccc(OC(F)F)c(OCC2CC2)c1. The number of sulfonamides is 1. The van der Waals surface area contributed by atoms with Crippen molar-refractivity contribution >= 4 is 39.2 Å². The molecular formula is C30H30Cl2F2N2O6S. The third-order valence-corrected chi connectivity index (χ3v) is 10.0. The lowest BCUT2D eigenvalue weighted by Gasteiger charge is -2.25. The smallest absolute Gasteiger partial charge is 0.387 e. The Labute approximate surface area is 258 Å². The van der Waals surface area contributed by atoms with E-state index in [0.29, 0.717) is 36.5 Å². The Bertz CT molecular complexity index is 1520. The van der Waals surface area contributed by atoms with E-state index in [1.807, 2.05) is 0 Å². The van der Waals surface area contributed by atoms with Crippen LogP contribution in [-0.2, 0) is 26.0 Å². The highest BCUT2D eigenvalue weighted by atomic mass is 35.5. The van der Waals surface area contributed by atoms with Crippen LogP contribution < -0.4 is 9.47 Å². The number of hydrogen-bond donors (Lipinski definition) is 0. The van der Waals surface area contributed by atoms with E-state index in [1.165, 1.54) is 47.0 Å². The minimum absolute atomic E-state index is 0.0414. The highest BCUT2D eigenvalue weighted by Crippen LogP contribution is 2.38. The molecule has 2 fully saturated rings. The Morgan fingerprint density at radius 2 is 1.74 bits per heavy atom. The van der Waals surface area contributed by atoms with Gasteiger partial charge in [0.1, 0.15) is 6.10 Å². The first-order valence-corrected chi connectivity index (χ1v) is 16.1. The fraction of sp³-hybridized carbons (Fsp3) is 0.400. The van der Waals surface area contributed by atoms with Gasteiger partial charge in [-0.2, -0.15) is 13.1 Å². The van der Waals surface area contributed by atoms with Crippen LogP contribution in [0.15, 0.2) is 65.8 Å². The molecule has 8 nitrogen and oxygen atoms in total. The molecule has 1 aromatic heterocycles. The van der Waals surface area contributed by atoms with Crippen LogP contribution in [0, 0.1) is 5.92 Å². The van der Waals surface area contributed by atoms with Crippen LogP contribution in [-0.4, -0.2) is 49.5 Å². The molecule has 43 heavy (non-hydrogen) atoms. The van der Waals surface area contributed by atoms with Crippen molar-refractivity contribution in [3.8, 4) is 11.5 Å². The first-order valence-electron chi connectivity index (χ1n) is 13.9. The summed E-state index contributed by atoms with van der Waals surface area (Å²) >= 11 is 12.8. The topological polar surface area (TPSA) is 95.0 Å². The van der Waals surface area contributed by atoms with Crippen molar-refractivity contribution in [2.75, 3.05) is 13.2 Å². The number of hydrogen-bond acceptors (Lipinski definition) is 7. The summed E-state index contributed by atoms with van der Waals surface area (Å²) in [4.78, 5) is 17.5. The molecule has 0 unspecified atom stereocenters. The Kier molecular flexibility index (Phi) is 10.1. The van der Waals surface area contributed by atoms with Gasteiger partial charge in [-0.15, -0.1) is 0 Å². The predicted octanol–water partition coefficient (Wildman–Crippen LogP) is 6.85. The fourth-order valence-corrected chi connectivity index (χ4v) is 7.26.